The average Bonchev–Trinajstić information content (AvgIpc) is 3.34. The van der Waals surface area contributed by atoms with Crippen molar-refractivity contribution in [3.8, 4) is 11.5 Å². The number of ether oxygens (including phenoxy) is 2. The molecule has 1 aromatic carbocycles. The van der Waals surface area contributed by atoms with Crippen molar-refractivity contribution in [1.29, 1.82) is 0 Å². The Morgan fingerprint density at radius 3 is 2.70 bits per heavy atom. The predicted molar refractivity (Wildman–Crippen MR) is 101 cm³/mol. The molecule has 0 N–H and O–H groups in total. The number of hydrogen-bond donors (Lipinski definition) is 0. The summed E-state index contributed by atoms with van der Waals surface area (Å²) in [5.74, 6) is 4.05. The molecule has 0 saturated carbocycles. The van der Waals surface area contributed by atoms with E-state index in [0.717, 1.165) is 35.5 Å². The van der Waals surface area contributed by atoms with Gasteiger partial charge in [-0.15, -0.1) is 0 Å². The molecule has 0 aliphatic carbocycles. The summed E-state index contributed by atoms with van der Waals surface area (Å²) in [6.07, 6.45) is 4.31. The van der Waals surface area contributed by atoms with Crippen LogP contribution in [0.5, 0.6) is 11.5 Å². The molecule has 6 nitrogen and oxygen atoms in total. The Hall–Kier alpha value is -2.34. The SMILES string of the molecule is Cc1cc(N2C[C@H](c3ccc4c(c3)OCO4)[C@H]3[C@@H]2C2CCN3CC2)ncn1. The number of anilines is 1. The first-order valence-electron chi connectivity index (χ1n) is 9.97. The molecule has 27 heavy (non-hydrogen) atoms. The van der Waals surface area contributed by atoms with E-state index in [9.17, 15) is 0 Å². The maximum absolute atomic E-state index is 5.65. The van der Waals surface area contributed by atoms with E-state index in [0.29, 0.717) is 24.8 Å². The Bertz CT molecular complexity index is 880. The molecule has 5 aliphatic heterocycles. The lowest BCUT2D eigenvalue weighted by Gasteiger charge is -2.51. The summed E-state index contributed by atoms with van der Waals surface area (Å²) in [5, 5.41) is 0. The van der Waals surface area contributed by atoms with Crippen LogP contribution in [0.15, 0.2) is 30.6 Å². The van der Waals surface area contributed by atoms with Gasteiger partial charge in [0.25, 0.3) is 0 Å². The minimum atomic E-state index is 0.329. The lowest BCUT2D eigenvalue weighted by molar-refractivity contribution is 0.0354. The number of rotatable bonds is 2. The number of fused-ring (bicyclic) bond motifs is 3. The third kappa shape index (κ3) is 2.35. The van der Waals surface area contributed by atoms with Crippen LogP contribution in [-0.4, -0.2) is 53.4 Å². The molecule has 0 amide bonds. The van der Waals surface area contributed by atoms with Crippen LogP contribution in [0, 0.1) is 12.8 Å². The van der Waals surface area contributed by atoms with Crippen molar-refractivity contribution in [2.45, 2.75) is 37.8 Å². The van der Waals surface area contributed by atoms with E-state index in [2.05, 4.69) is 44.0 Å². The molecule has 7 rings (SSSR count). The lowest BCUT2D eigenvalue weighted by Crippen LogP contribution is -2.60. The van der Waals surface area contributed by atoms with Crippen LogP contribution in [0.3, 0.4) is 0 Å². The van der Waals surface area contributed by atoms with Crippen LogP contribution >= 0.6 is 0 Å². The van der Waals surface area contributed by atoms with E-state index < -0.39 is 0 Å². The molecule has 4 fully saturated rings. The molecule has 2 bridgehead atoms. The van der Waals surface area contributed by atoms with Gasteiger partial charge in [0.15, 0.2) is 11.5 Å². The maximum Gasteiger partial charge on any atom is 0.231 e. The van der Waals surface area contributed by atoms with Crippen molar-refractivity contribution in [1.82, 2.24) is 14.9 Å². The second kappa shape index (κ2) is 5.83. The molecule has 6 heterocycles. The van der Waals surface area contributed by atoms with Gasteiger partial charge in [-0.25, -0.2) is 9.97 Å². The van der Waals surface area contributed by atoms with Crippen LogP contribution in [0.4, 0.5) is 5.82 Å². The molecular weight excluding hydrogens is 340 g/mol. The molecule has 0 radical (unpaired) electrons. The summed E-state index contributed by atoms with van der Waals surface area (Å²) in [4.78, 5) is 14.2. The third-order valence-electron chi connectivity index (χ3n) is 6.90. The standard InChI is InChI=1S/C21H24N4O2/c1-13-8-19(23-11-22-13)25-10-16(15-2-3-17-18(9-15)27-12-26-17)21-20(25)14-4-6-24(21)7-5-14/h2-3,8-9,11,14,16,20-21H,4-7,10,12H2,1H3/t16-,20+,21+/m1/s1. The van der Waals surface area contributed by atoms with Crippen LogP contribution in [-0.2, 0) is 0 Å². The summed E-state index contributed by atoms with van der Waals surface area (Å²) >= 11 is 0. The molecular formula is C21H24N4O2. The first kappa shape index (κ1) is 15.7. The highest BCUT2D eigenvalue weighted by Crippen LogP contribution is 2.48. The molecule has 1 aromatic heterocycles. The van der Waals surface area contributed by atoms with Crippen LogP contribution in [0.25, 0.3) is 0 Å². The Morgan fingerprint density at radius 1 is 1.00 bits per heavy atom. The van der Waals surface area contributed by atoms with Gasteiger partial charge < -0.3 is 14.4 Å². The monoisotopic (exact) mass is 364 g/mol. The summed E-state index contributed by atoms with van der Waals surface area (Å²) in [7, 11) is 0. The Kier molecular flexibility index (Phi) is 3.39. The Labute approximate surface area is 159 Å². The van der Waals surface area contributed by atoms with Crippen molar-refractivity contribution in [3.63, 3.8) is 0 Å². The fourth-order valence-electron chi connectivity index (χ4n) is 5.72. The fraction of sp³-hybridized carbons (Fsp3) is 0.524. The zero-order valence-corrected chi connectivity index (χ0v) is 15.5. The van der Waals surface area contributed by atoms with Gasteiger partial charge in [0.05, 0.1) is 0 Å². The lowest BCUT2D eigenvalue weighted by atomic mass is 9.75. The van der Waals surface area contributed by atoms with Gasteiger partial charge in [0, 0.05) is 36.3 Å². The smallest absolute Gasteiger partial charge is 0.231 e. The van der Waals surface area contributed by atoms with Gasteiger partial charge in [-0.05, 0) is 56.5 Å². The molecule has 0 spiro atoms. The zero-order valence-electron chi connectivity index (χ0n) is 15.5. The second-order valence-corrected chi connectivity index (χ2v) is 8.24. The first-order valence-corrected chi connectivity index (χ1v) is 9.97. The van der Waals surface area contributed by atoms with Crippen molar-refractivity contribution in [2.75, 3.05) is 31.3 Å². The molecule has 140 valence electrons. The summed E-state index contributed by atoms with van der Waals surface area (Å²) in [6.45, 7) is 5.83. The van der Waals surface area contributed by atoms with Gasteiger partial charge in [-0.1, -0.05) is 6.07 Å². The largest absolute Gasteiger partial charge is 0.454 e. The number of piperidine rings is 3. The average molecular weight is 364 g/mol. The van der Waals surface area contributed by atoms with Crippen LogP contribution in [0.1, 0.15) is 30.0 Å². The topological polar surface area (TPSA) is 50.7 Å². The van der Waals surface area contributed by atoms with Crippen molar-refractivity contribution >= 4 is 5.82 Å². The number of aryl methyl sites for hydroxylation is 1. The highest BCUT2D eigenvalue weighted by Gasteiger charge is 2.53. The number of hydrogen-bond acceptors (Lipinski definition) is 6. The summed E-state index contributed by atoms with van der Waals surface area (Å²) in [5.41, 5.74) is 2.39. The van der Waals surface area contributed by atoms with E-state index in [1.165, 1.54) is 31.5 Å². The van der Waals surface area contributed by atoms with Gasteiger partial charge in [0.2, 0.25) is 6.79 Å². The maximum atomic E-state index is 5.65. The number of benzene rings is 1. The second-order valence-electron chi connectivity index (χ2n) is 8.24. The third-order valence-corrected chi connectivity index (χ3v) is 6.90. The fourth-order valence-corrected chi connectivity index (χ4v) is 5.72. The molecule has 0 unspecified atom stereocenters. The van der Waals surface area contributed by atoms with Crippen molar-refractivity contribution in [2.24, 2.45) is 5.92 Å². The molecule has 3 atom stereocenters. The minimum absolute atomic E-state index is 0.329. The van der Waals surface area contributed by atoms with E-state index >= 15 is 0 Å². The van der Waals surface area contributed by atoms with Gasteiger partial charge in [-0.2, -0.15) is 0 Å². The molecule has 6 heteroatoms. The molecule has 2 aromatic rings. The van der Waals surface area contributed by atoms with Crippen LogP contribution in [0.2, 0.25) is 0 Å². The normalized spacial score (nSPS) is 33.4. The summed E-state index contributed by atoms with van der Waals surface area (Å²) < 4.78 is 11.2. The first-order chi connectivity index (χ1) is 13.3. The predicted octanol–water partition coefficient (Wildman–Crippen LogP) is 2.58. The number of aromatic nitrogens is 2. The Balaban J connectivity index is 1.42. The van der Waals surface area contributed by atoms with Crippen molar-refractivity contribution in [3.05, 3.63) is 41.9 Å². The van der Waals surface area contributed by atoms with Crippen LogP contribution < -0.4 is 14.4 Å². The van der Waals surface area contributed by atoms with E-state index in [4.69, 9.17) is 9.47 Å². The van der Waals surface area contributed by atoms with Gasteiger partial charge in [0.1, 0.15) is 12.1 Å². The minimum Gasteiger partial charge on any atom is -0.454 e. The highest BCUT2D eigenvalue weighted by atomic mass is 16.7. The van der Waals surface area contributed by atoms with E-state index in [1.807, 2.05) is 6.92 Å². The van der Waals surface area contributed by atoms with E-state index in [1.54, 1.807) is 6.33 Å². The van der Waals surface area contributed by atoms with E-state index in [-0.39, 0.29) is 0 Å². The Morgan fingerprint density at radius 2 is 1.85 bits per heavy atom. The molecule has 4 saturated heterocycles. The van der Waals surface area contributed by atoms with Gasteiger partial charge >= 0.3 is 0 Å². The van der Waals surface area contributed by atoms with Crippen molar-refractivity contribution < 1.29 is 9.47 Å². The summed E-state index contributed by atoms with van der Waals surface area (Å²) in [6, 6.07) is 9.72. The number of nitrogens with zero attached hydrogens (tertiary/aromatic N) is 4. The zero-order chi connectivity index (χ0) is 18.0. The molecule has 5 aliphatic rings. The van der Waals surface area contributed by atoms with Gasteiger partial charge in [-0.3, -0.25) is 4.90 Å². The highest BCUT2D eigenvalue weighted by molar-refractivity contribution is 5.50. The quantitative estimate of drug-likeness (QED) is 0.816.